The van der Waals surface area contributed by atoms with Gasteiger partial charge in [0.25, 0.3) is 5.91 Å². The van der Waals surface area contributed by atoms with E-state index in [9.17, 15) is 4.79 Å². The summed E-state index contributed by atoms with van der Waals surface area (Å²) in [7, 11) is 1.63. The van der Waals surface area contributed by atoms with Crippen LogP contribution in [0.2, 0.25) is 0 Å². The van der Waals surface area contributed by atoms with Gasteiger partial charge in [0.1, 0.15) is 0 Å². The number of nitrogens with one attached hydrogen (secondary N) is 3. The molecule has 1 amide bonds. The summed E-state index contributed by atoms with van der Waals surface area (Å²) < 4.78 is 0. The van der Waals surface area contributed by atoms with Gasteiger partial charge in [0.2, 0.25) is 0 Å². The summed E-state index contributed by atoms with van der Waals surface area (Å²) in [6.07, 6.45) is 1.80. The monoisotopic (exact) mass is 280 g/mol. The number of rotatable bonds is 4. The topological polar surface area (TPSA) is 69.8 Å². The molecule has 106 valence electrons. The molecule has 2 aromatic carbocycles. The van der Waals surface area contributed by atoms with Gasteiger partial charge in [-0.2, -0.15) is 5.10 Å². The summed E-state index contributed by atoms with van der Waals surface area (Å²) >= 11 is 0. The number of nitrogens with zero attached hydrogens (tertiary/aromatic N) is 1. The fraction of sp³-hybridized carbons (Fsp3) is 0.125. The van der Waals surface area contributed by atoms with Crippen LogP contribution in [0.15, 0.2) is 48.7 Å². The van der Waals surface area contributed by atoms with Gasteiger partial charge in [0.15, 0.2) is 0 Å². The highest BCUT2D eigenvalue weighted by Crippen LogP contribution is 2.17. The van der Waals surface area contributed by atoms with Crippen LogP contribution in [0.25, 0.3) is 10.9 Å². The Bertz CT molecular complexity index is 761. The normalized spacial score (nSPS) is 10.5. The van der Waals surface area contributed by atoms with Crippen molar-refractivity contribution < 1.29 is 4.79 Å². The third-order valence-corrected chi connectivity index (χ3v) is 3.38. The molecule has 0 spiro atoms. The average Bonchev–Trinajstić information content (AvgIpc) is 3.00. The maximum absolute atomic E-state index is 11.5. The van der Waals surface area contributed by atoms with Gasteiger partial charge in [-0.1, -0.05) is 12.1 Å². The number of carbonyl (C=O) groups is 1. The molecule has 5 nitrogen and oxygen atoms in total. The molecule has 3 N–H and O–H groups in total. The minimum atomic E-state index is -0.0695. The van der Waals surface area contributed by atoms with Gasteiger partial charge in [-0.3, -0.25) is 9.89 Å². The number of hydrogen-bond donors (Lipinski definition) is 3. The van der Waals surface area contributed by atoms with E-state index in [0.717, 1.165) is 22.2 Å². The summed E-state index contributed by atoms with van der Waals surface area (Å²) in [5.41, 5.74) is 3.85. The van der Waals surface area contributed by atoms with E-state index in [4.69, 9.17) is 0 Å². The van der Waals surface area contributed by atoms with E-state index in [1.807, 2.05) is 36.4 Å². The number of fused-ring (bicyclic) bond motifs is 1. The van der Waals surface area contributed by atoms with Gasteiger partial charge in [-0.05, 0) is 35.9 Å². The Hall–Kier alpha value is -2.82. The first kappa shape index (κ1) is 13.2. The molecule has 3 rings (SSSR count). The van der Waals surface area contributed by atoms with Crippen molar-refractivity contribution in [2.24, 2.45) is 0 Å². The predicted molar refractivity (Wildman–Crippen MR) is 83.3 cm³/mol. The molecule has 5 heteroatoms. The highest BCUT2D eigenvalue weighted by atomic mass is 16.1. The Morgan fingerprint density at radius 1 is 1.19 bits per heavy atom. The van der Waals surface area contributed by atoms with Crippen LogP contribution in [0.5, 0.6) is 0 Å². The zero-order valence-corrected chi connectivity index (χ0v) is 11.7. The van der Waals surface area contributed by atoms with Crippen LogP contribution in [0, 0.1) is 0 Å². The Balaban J connectivity index is 1.67. The van der Waals surface area contributed by atoms with E-state index in [1.54, 1.807) is 13.2 Å². The number of H-pyrrole nitrogens is 1. The molecule has 0 atom stereocenters. The summed E-state index contributed by atoms with van der Waals surface area (Å²) in [5.74, 6) is -0.0695. The van der Waals surface area contributed by atoms with E-state index >= 15 is 0 Å². The number of aromatic amines is 1. The minimum Gasteiger partial charge on any atom is -0.381 e. The maximum Gasteiger partial charge on any atom is 0.251 e. The molecule has 0 saturated heterocycles. The molecule has 1 aromatic heterocycles. The SMILES string of the molecule is CNC(=O)c1ccc(CNc2ccc3[nH]ncc3c2)cc1. The molecule has 1 heterocycles. The van der Waals surface area contributed by atoms with E-state index in [-0.39, 0.29) is 5.91 Å². The second-order valence-electron chi connectivity index (χ2n) is 4.80. The molecule has 0 aliphatic heterocycles. The van der Waals surface area contributed by atoms with Crippen LogP contribution in [-0.2, 0) is 6.54 Å². The molecule has 0 unspecified atom stereocenters. The second kappa shape index (κ2) is 5.66. The molecular weight excluding hydrogens is 264 g/mol. The van der Waals surface area contributed by atoms with E-state index in [2.05, 4.69) is 26.9 Å². The highest BCUT2D eigenvalue weighted by molar-refractivity contribution is 5.93. The molecule has 3 aromatic rings. The molecule has 21 heavy (non-hydrogen) atoms. The lowest BCUT2D eigenvalue weighted by Gasteiger charge is -2.07. The number of benzene rings is 2. The highest BCUT2D eigenvalue weighted by Gasteiger charge is 2.02. The van der Waals surface area contributed by atoms with Crippen LogP contribution in [-0.4, -0.2) is 23.2 Å². The standard InChI is InChI=1S/C16H16N4O/c1-17-16(21)12-4-2-11(3-5-12)9-18-14-6-7-15-13(8-14)10-19-20-15/h2-8,10,18H,9H2,1H3,(H,17,21)(H,19,20). The summed E-state index contributed by atoms with van der Waals surface area (Å²) in [6.45, 7) is 0.706. The quantitative estimate of drug-likeness (QED) is 0.688. The number of hydrogen-bond acceptors (Lipinski definition) is 3. The van der Waals surface area contributed by atoms with Crippen LogP contribution < -0.4 is 10.6 Å². The van der Waals surface area contributed by atoms with Crippen LogP contribution in [0.4, 0.5) is 5.69 Å². The van der Waals surface area contributed by atoms with Crippen molar-refractivity contribution in [2.45, 2.75) is 6.54 Å². The zero-order chi connectivity index (χ0) is 14.7. The number of carbonyl (C=O) groups excluding carboxylic acids is 1. The largest absolute Gasteiger partial charge is 0.381 e. The predicted octanol–water partition coefficient (Wildman–Crippen LogP) is 2.53. The van der Waals surface area contributed by atoms with Gasteiger partial charge < -0.3 is 10.6 Å². The first-order chi connectivity index (χ1) is 10.3. The molecular formula is C16H16N4O. The first-order valence-corrected chi connectivity index (χ1v) is 6.74. The van der Waals surface area contributed by atoms with Gasteiger partial charge in [0, 0.05) is 30.2 Å². The summed E-state index contributed by atoms with van der Waals surface area (Å²) in [4.78, 5) is 11.5. The molecule has 0 radical (unpaired) electrons. The van der Waals surface area contributed by atoms with Gasteiger partial charge in [-0.25, -0.2) is 0 Å². The molecule has 0 saturated carbocycles. The van der Waals surface area contributed by atoms with Gasteiger partial charge in [0.05, 0.1) is 11.7 Å². The molecule has 0 fully saturated rings. The third kappa shape index (κ3) is 2.86. The fourth-order valence-electron chi connectivity index (χ4n) is 2.18. The molecule has 0 bridgehead atoms. The van der Waals surface area contributed by atoms with Gasteiger partial charge >= 0.3 is 0 Å². The van der Waals surface area contributed by atoms with E-state index in [0.29, 0.717) is 12.1 Å². The lowest BCUT2D eigenvalue weighted by atomic mass is 10.1. The fourth-order valence-corrected chi connectivity index (χ4v) is 2.18. The average molecular weight is 280 g/mol. The smallest absolute Gasteiger partial charge is 0.251 e. The number of amides is 1. The lowest BCUT2D eigenvalue weighted by molar-refractivity contribution is 0.0963. The lowest BCUT2D eigenvalue weighted by Crippen LogP contribution is -2.17. The third-order valence-electron chi connectivity index (χ3n) is 3.38. The Kier molecular flexibility index (Phi) is 3.55. The minimum absolute atomic E-state index is 0.0695. The summed E-state index contributed by atoms with van der Waals surface area (Å²) in [6, 6.07) is 13.6. The van der Waals surface area contributed by atoms with Crippen molar-refractivity contribution in [1.82, 2.24) is 15.5 Å². The maximum atomic E-state index is 11.5. The van der Waals surface area contributed by atoms with Crippen LogP contribution >= 0.6 is 0 Å². The van der Waals surface area contributed by atoms with Gasteiger partial charge in [-0.15, -0.1) is 0 Å². The Morgan fingerprint density at radius 3 is 2.76 bits per heavy atom. The Morgan fingerprint density at radius 2 is 2.00 bits per heavy atom. The van der Waals surface area contributed by atoms with Crippen LogP contribution in [0.1, 0.15) is 15.9 Å². The van der Waals surface area contributed by atoms with Crippen LogP contribution in [0.3, 0.4) is 0 Å². The van der Waals surface area contributed by atoms with Crippen molar-refractivity contribution >= 4 is 22.5 Å². The number of anilines is 1. The second-order valence-corrected chi connectivity index (χ2v) is 4.80. The van der Waals surface area contributed by atoms with E-state index in [1.165, 1.54) is 0 Å². The first-order valence-electron chi connectivity index (χ1n) is 6.74. The molecule has 0 aliphatic rings. The molecule has 0 aliphatic carbocycles. The van der Waals surface area contributed by atoms with E-state index < -0.39 is 0 Å². The number of aromatic nitrogens is 2. The van der Waals surface area contributed by atoms with Crippen molar-refractivity contribution in [2.75, 3.05) is 12.4 Å². The van der Waals surface area contributed by atoms with Crippen molar-refractivity contribution in [3.8, 4) is 0 Å². The van der Waals surface area contributed by atoms with Crippen molar-refractivity contribution in [3.05, 3.63) is 59.8 Å². The zero-order valence-electron chi connectivity index (χ0n) is 11.7. The Labute approximate surface area is 122 Å². The van der Waals surface area contributed by atoms with Crippen molar-refractivity contribution in [1.29, 1.82) is 0 Å². The summed E-state index contributed by atoms with van der Waals surface area (Å²) in [5, 5.41) is 14.0. The van der Waals surface area contributed by atoms with Crippen molar-refractivity contribution in [3.63, 3.8) is 0 Å².